The molecule has 19 heavy (non-hydrogen) atoms. The molecule has 0 aliphatic heterocycles. The zero-order valence-corrected chi connectivity index (χ0v) is 10.6. The third kappa shape index (κ3) is 2.01. The van der Waals surface area contributed by atoms with Gasteiger partial charge in [-0.15, -0.1) is 0 Å². The number of aromatic hydroxyl groups is 1. The summed E-state index contributed by atoms with van der Waals surface area (Å²) in [6, 6.07) is 13.6. The summed E-state index contributed by atoms with van der Waals surface area (Å²) >= 11 is 0. The molecule has 0 unspecified atom stereocenters. The lowest BCUT2D eigenvalue weighted by molar-refractivity contribution is 0.394. The van der Waals surface area contributed by atoms with Crippen LogP contribution in [0, 0.1) is 0 Å². The van der Waals surface area contributed by atoms with Crippen molar-refractivity contribution in [1.29, 1.82) is 0 Å². The highest BCUT2D eigenvalue weighted by molar-refractivity contribution is 5.87. The molecule has 4 nitrogen and oxygen atoms in total. The van der Waals surface area contributed by atoms with Gasteiger partial charge in [0.25, 0.3) is 0 Å². The number of hydrogen-bond donors (Lipinski definition) is 1. The number of fused-ring (bicyclic) bond motifs is 1. The minimum absolute atomic E-state index is 0.148. The van der Waals surface area contributed by atoms with Crippen molar-refractivity contribution in [3.05, 3.63) is 54.2 Å². The SMILES string of the molecule is COc1ccc2ccccc2c1Cn1nccc1O. The van der Waals surface area contributed by atoms with Crippen LogP contribution >= 0.6 is 0 Å². The number of nitrogens with zero attached hydrogens (tertiary/aromatic N) is 2. The largest absolute Gasteiger partial charge is 0.496 e. The van der Waals surface area contributed by atoms with Crippen LogP contribution in [0.15, 0.2) is 48.7 Å². The Bertz CT molecular complexity index is 719. The second-order valence-electron chi connectivity index (χ2n) is 4.31. The molecule has 0 bridgehead atoms. The topological polar surface area (TPSA) is 47.3 Å². The number of benzene rings is 2. The predicted molar refractivity (Wildman–Crippen MR) is 73.5 cm³/mol. The summed E-state index contributed by atoms with van der Waals surface area (Å²) in [6.45, 7) is 0.476. The lowest BCUT2D eigenvalue weighted by Crippen LogP contribution is -2.03. The summed E-state index contributed by atoms with van der Waals surface area (Å²) in [4.78, 5) is 0. The van der Waals surface area contributed by atoms with Crippen LogP contribution < -0.4 is 4.74 Å². The maximum atomic E-state index is 9.71. The number of ether oxygens (including phenoxy) is 1. The fourth-order valence-electron chi connectivity index (χ4n) is 2.27. The third-order valence-electron chi connectivity index (χ3n) is 3.22. The van der Waals surface area contributed by atoms with Gasteiger partial charge in [0.05, 0.1) is 19.9 Å². The molecule has 0 aliphatic rings. The summed E-state index contributed by atoms with van der Waals surface area (Å²) in [5, 5.41) is 16.1. The van der Waals surface area contributed by atoms with E-state index >= 15 is 0 Å². The zero-order chi connectivity index (χ0) is 13.2. The number of aromatic nitrogens is 2. The first-order valence-electron chi connectivity index (χ1n) is 6.05. The van der Waals surface area contributed by atoms with Gasteiger partial charge in [-0.05, 0) is 16.8 Å². The van der Waals surface area contributed by atoms with Gasteiger partial charge in [0.1, 0.15) is 5.75 Å². The van der Waals surface area contributed by atoms with E-state index in [9.17, 15) is 5.11 Å². The predicted octanol–water partition coefficient (Wildman–Crippen LogP) is 2.80. The van der Waals surface area contributed by atoms with E-state index in [2.05, 4.69) is 11.2 Å². The van der Waals surface area contributed by atoms with Crippen LogP contribution in [0.3, 0.4) is 0 Å². The van der Waals surface area contributed by atoms with Crippen molar-refractivity contribution in [2.75, 3.05) is 7.11 Å². The molecule has 0 aliphatic carbocycles. The standard InChI is InChI=1S/C15H14N2O2/c1-19-14-7-6-11-4-2-3-5-12(11)13(14)10-17-15(18)8-9-16-17/h2-9,18H,10H2,1H3. The Morgan fingerprint density at radius 3 is 2.74 bits per heavy atom. The van der Waals surface area contributed by atoms with Crippen LogP contribution in [0.25, 0.3) is 10.8 Å². The van der Waals surface area contributed by atoms with Gasteiger partial charge in [-0.25, -0.2) is 4.68 Å². The number of rotatable bonds is 3. The molecule has 96 valence electrons. The van der Waals surface area contributed by atoms with Crippen molar-refractivity contribution in [2.45, 2.75) is 6.54 Å². The molecule has 2 aromatic carbocycles. The van der Waals surface area contributed by atoms with Gasteiger partial charge in [-0.3, -0.25) is 0 Å². The van der Waals surface area contributed by atoms with Crippen molar-refractivity contribution >= 4 is 10.8 Å². The first-order chi connectivity index (χ1) is 9.29. The Labute approximate surface area is 110 Å². The lowest BCUT2D eigenvalue weighted by Gasteiger charge is -2.12. The summed E-state index contributed by atoms with van der Waals surface area (Å²) in [5.41, 5.74) is 1.01. The fraction of sp³-hybridized carbons (Fsp3) is 0.133. The minimum Gasteiger partial charge on any atom is -0.496 e. The molecule has 0 radical (unpaired) electrons. The summed E-state index contributed by atoms with van der Waals surface area (Å²) in [7, 11) is 1.65. The van der Waals surface area contributed by atoms with Crippen molar-refractivity contribution < 1.29 is 9.84 Å². The molecule has 1 N–H and O–H groups in total. The minimum atomic E-state index is 0.148. The Morgan fingerprint density at radius 1 is 1.16 bits per heavy atom. The van der Waals surface area contributed by atoms with Crippen LogP contribution in [0.5, 0.6) is 11.6 Å². The Morgan fingerprint density at radius 2 is 2.00 bits per heavy atom. The highest BCUT2D eigenvalue weighted by Gasteiger charge is 2.10. The van der Waals surface area contributed by atoms with Crippen LogP contribution in [0.1, 0.15) is 5.56 Å². The molecule has 0 amide bonds. The van der Waals surface area contributed by atoms with Crippen LogP contribution in [0.2, 0.25) is 0 Å². The van der Waals surface area contributed by atoms with Gasteiger partial charge in [0, 0.05) is 11.6 Å². The van der Waals surface area contributed by atoms with E-state index in [1.807, 2.05) is 30.3 Å². The molecule has 0 atom stereocenters. The van der Waals surface area contributed by atoms with E-state index in [1.165, 1.54) is 0 Å². The van der Waals surface area contributed by atoms with Crippen molar-refractivity contribution in [1.82, 2.24) is 9.78 Å². The molecule has 1 heterocycles. The number of hydrogen-bond acceptors (Lipinski definition) is 3. The lowest BCUT2D eigenvalue weighted by atomic mass is 10.0. The monoisotopic (exact) mass is 254 g/mol. The summed E-state index contributed by atoms with van der Waals surface area (Å²) in [5.74, 6) is 0.948. The number of methoxy groups -OCH3 is 1. The van der Waals surface area contributed by atoms with Gasteiger partial charge in [0.15, 0.2) is 0 Å². The van der Waals surface area contributed by atoms with E-state index < -0.39 is 0 Å². The molecule has 0 spiro atoms. The average Bonchev–Trinajstić information content (AvgIpc) is 2.85. The molecule has 4 heteroatoms. The molecule has 3 aromatic rings. The molecular weight excluding hydrogens is 240 g/mol. The molecule has 0 saturated carbocycles. The van der Waals surface area contributed by atoms with Gasteiger partial charge >= 0.3 is 0 Å². The summed E-state index contributed by atoms with van der Waals surface area (Å²) in [6.07, 6.45) is 1.58. The van der Waals surface area contributed by atoms with Crippen LogP contribution in [0.4, 0.5) is 0 Å². The highest BCUT2D eigenvalue weighted by atomic mass is 16.5. The highest BCUT2D eigenvalue weighted by Crippen LogP contribution is 2.29. The second kappa shape index (κ2) is 4.65. The van der Waals surface area contributed by atoms with Crippen molar-refractivity contribution in [3.63, 3.8) is 0 Å². The maximum Gasteiger partial charge on any atom is 0.209 e. The maximum absolute atomic E-state index is 9.71. The molecule has 0 saturated heterocycles. The van der Waals surface area contributed by atoms with Gasteiger partial charge < -0.3 is 9.84 Å². The average molecular weight is 254 g/mol. The van der Waals surface area contributed by atoms with E-state index in [4.69, 9.17) is 4.74 Å². The molecule has 1 aromatic heterocycles. The van der Waals surface area contributed by atoms with E-state index in [0.29, 0.717) is 6.54 Å². The van der Waals surface area contributed by atoms with E-state index in [-0.39, 0.29) is 5.88 Å². The Kier molecular flexibility index (Phi) is 2.83. The summed E-state index contributed by atoms with van der Waals surface area (Å²) < 4.78 is 6.97. The Balaban J connectivity index is 2.17. The third-order valence-corrected chi connectivity index (χ3v) is 3.22. The first-order valence-corrected chi connectivity index (χ1v) is 6.05. The van der Waals surface area contributed by atoms with Crippen molar-refractivity contribution in [3.8, 4) is 11.6 Å². The molecule has 0 fully saturated rings. The second-order valence-corrected chi connectivity index (χ2v) is 4.31. The molecule has 3 rings (SSSR count). The smallest absolute Gasteiger partial charge is 0.209 e. The fourth-order valence-corrected chi connectivity index (χ4v) is 2.27. The van der Waals surface area contributed by atoms with Gasteiger partial charge in [-0.1, -0.05) is 30.3 Å². The first kappa shape index (κ1) is 11.6. The zero-order valence-electron chi connectivity index (χ0n) is 10.6. The van der Waals surface area contributed by atoms with E-state index in [0.717, 1.165) is 22.1 Å². The van der Waals surface area contributed by atoms with Crippen LogP contribution in [-0.4, -0.2) is 22.0 Å². The van der Waals surface area contributed by atoms with Crippen LogP contribution in [-0.2, 0) is 6.54 Å². The Hall–Kier alpha value is -2.49. The van der Waals surface area contributed by atoms with E-state index in [1.54, 1.807) is 24.1 Å². The van der Waals surface area contributed by atoms with Gasteiger partial charge in [0.2, 0.25) is 5.88 Å². The van der Waals surface area contributed by atoms with Gasteiger partial charge in [-0.2, -0.15) is 5.10 Å². The quantitative estimate of drug-likeness (QED) is 0.781. The normalized spacial score (nSPS) is 10.8. The van der Waals surface area contributed by atoms with Crippen molar-refractivity contribution in [2.24, 2.45) is 0 Å². The molecular formula is C15H14N2O2.